The van der Waals surface area contributed by atoms with Crippen LogP contribution in [0.25, 0.3) is 0 Å². The lowest BCUT2D eigenvalue weighted by Crippen LogP contribution is -2.28. The van der Waals surface area contributed by atoms with Crippen molar-refractivity contribution in [1.29, 1.82) is 0 Å². The first-order valence-electron chi connectivity index (χ1n) is 9.39. The lowest BCUT2D eigenvalue weighted by Gasteiger charge is -2.14. The van der Waals surface area contributed by atoms with E-state index in [2.05, 4.69) is 36.8 Å². The highest BCUT2D eigenvalue weighted by molar-refractivity contribution is 9.10. The van der Waals surface area contributed by atoms with E-state index in [1.807, 2.05) is 32.0 Å². The van der Waals surface area contributed by atoms with Gasteiger partial charge in [-0.3, -0.25) is 9.59 Å². The topological polar surface area (TPSA) is 88.9 Å². The molecule has 2 N–H and O–H groups in total. The van der Waals surface area contributed by atoms with Gasteiger partial charge in [0.15, 0.2) is 11.0 Å². The van der Waals surface area contributed by atoms with E-state index < -0.39 is 5.82 Å². The average molecular weight is 506 g/mol. The number of aromatic nitrogens is 3. The number of nitrogens with one attached hydrogen (secondary N) is 2. The number of thioether (sulfide) groups is 1. The number of amides is 2. The van der Waals surface area contributed by atoms with Crippen LogP contribution in [0, 0.1) is 12.7 Å². The molecule has 0 aliphatic carbocycles. The summed E-state index contributed by atoms with van der Waals surface area (Å²) in [5, 5.41) is 14.2. The lowest BCUT2D eigenvalue weighted by atomic mass is 10.1. The Morgan fingerprint density at radius 1 is 1.23 bits per heavy atom. The molecule has 0 aliphatic rings. The maximum atomic E-state index is 13.9. The molecule has 0 radical (unpaired) electrons. The molecular formula is C21H21BrFN5O2S. The second-order valence-corrected chi connectivity index (χ2v) is 8.78. The Morgan fingerprint density at radius 3 is 2.71 bits per heavy atom. The summed E-state index contributed by atoms with van der Waals surface area (Å²) in [6.45, 7) is 3.74. The first kappa shape index (κ1) is 23.0. The summed E-state index contributed by atoms with van der Waals surface area (Å²) in [5.74, 6) is -0.499. The van der Waals surface area contributed by atoms with E-state index in [-0.39, 0.29) is 29.3 Å². The monoisotopic (exact) mass is 505 g/mol. The van der Waals surface area contributed by atoms with Crippen molar-refractivity contribution in [1.82, 2.24) is 20.1 Å². The van der Waals surface area contributed by atoms with E-state index in [0.29, 0.717) is 21.0 Å². The number of halogens is 2. The van der Waals surface area contributed by atoms with Gasteiger partial charge in [0.2, 0.25) is 5.91 Å². The van der Waals surface area contributed by atoms with Crippen LogP contribution in [-0.2, 0) is 11.8 Å². The molecule has 0 aliphatic heterocycles. The van der Waals surface area contributed by atoms with Gasteiger partial charge >= 0.3 is 0 Å². The molecule has 3 rings (SSSR count). The first-order chi connectivity index (χ1) is 14.7. The van der Waals surface area contributed by atoms with E-state index in [4.69, 9.17) is 0 Å². The molecule has 0 saturated carbocycles. The molecule has 2 aromatic carbocycles. The third-order valence-corrected chi connectivity index (χ3v) is 5.93. The average Bonchev–Trinajstić information content (AvgIpc) is 3.09. The fourth-order valence-corrected chi connectivity index (χ4v) is 3.92. The molecule has 31 heavy (non-hydrogen) atoms. The molecule has 0 bridgehead atoms. The van der Waals surface area contributed by atoms with Crippen molar-refractivity contribution in [2.24, 2.45) is 7.05 Å². The van der Waals surface area contributed by atoms with Gasteiger partial charge in [-0.05, 0) is 44.2 Å². The molecule has 1 aromatic heterocycles. The number of benzene rings is 2. The number of hydrogen-bond acceptors (Lipinski definition) is 5. The third kappa shape index (κ3) is 5.92. The minimum absolute atomic E-state index is 0.0332. The van der Waals surface area contributed by atoms with Crippen molar-refractivity contribution < 1.29 is 14.0 Å². The van der Waals surface area contributed by atoms with Gasteiger partial charge in [0, 0.05) is 17.1 Å². The van der Waals surface area contributed by atoms with Crippen molar-refractivity contribution in [3.63, 3.8) is 0 Å². The number of carbonyl (C=O) groups excluding carboxylic acids is 2. The maximum Gasteiger partial charge on any atom is 0.251 e. The maximum absolute atomic E-state index is 13.9. The molecule has 3 aromatic rings. The Balaban J connectivity index is 1.59. The first-order valence-corrected chi connectivity index (χ1v) is 11.2. The molecule has 1 heterocycles. The molecule has 162 valence electrons. The van der Waals surface area contributed by atoms with Gasteiger partial charge in [-0.25, -0.2) is 4.39 Å². The molecule has 1 atom stereocenters. The summed E-state index contributed by atoms with van der Waals surface area (Å²) in [5.41, 5.74) is 1.68. The SMILES string of the molecule is Cc1cccc(C(=O)N[C@H](C)c2nnc(SCC(=O)Nc3ccc(Br)cc3F)n2C)c1. The molecule has 0 fully saturated rings. The van der Waals surface area contributed by atoms with E-state index in [1.165, 1.54) is 23.9 Å². The predicted octanol–water partition coefficient (Wildman–Crippen LogP) is 4.25. The zero-order valence-electron chi connectivity index (χ0n) is 17.1. The van der Waals surface area contributed by atoms with E-state index in [9.17, 15) is 14.0 Å². The van der Waals surface area contributed by atoms with Crippen LogP contribution in [-0.4, -0.2) is 32.3 Å². The Labute approximate surface area is 192 Å². The van der Waals surface area contributed by atoms with Crippen LogP contribution in [0.2, 0.25) is 0 Å². The number of hydrogen-bond donors (Lipinski definition) is 2. The molecule has 0 saturated heterocycles. The highest BCUT2D eigenvalue weighted by atomic mass is 79.9. The number of aryl methyl sites for hydroxylation is 1. The van der Waals surface area contributed by atoms with Gasteiger partial charge in [-0.1, -0.05) is 45.4 Å². The van der Waals surface area contributed by atoms with Crippen LogP contribution < -0.4 is 10.6 Å². The summed E-state index contributed by atoms with van der Waals surface area (Å²) in [6, 6.07) is 11.3. The van der Waals surface area contributed by atoms with Gasteiger partial charge in [0.05, 0.1) is 17.5 Å². The highest BCUT2D eigenvalue weighted by Crippen LogP contribution is 2.22. The van der Waals surface area contributed by atoms with Crippen molar-refractivity contribution in [3.8, 4) is 0 Å². The number of rotatable bonds is 7. The van der Waals surface area contributed by atoms with Crippen LogP contribution in [0.5, 0.6) is 0 Å². The Morgan fingerprint density at radius 2 is 2.00 bits per heavy atom. The second-order valence-electron chi connectivity index (χ2n) is 6.93. The molecular weight excluding hydrogens is 485 g/mol. The van der Waals surface area contributed by atoms with Crippen LogP contribution in [0.4, 0.5) is 10.1 Å². The Bertz CT molecular complexity index is 1120. The molecule has 0 unspecified atom stereocenters. The minimum atomic E-state index is -0.521. The van der Waals surface area contributed by atoms with Crippen molar-refractivity contribution in [2.75, 3.05) is 11.1 Å². The van der Waals surface area contributed by atoms with Gasteiger partial charge < -0.3 is 15.2 Å². The fraction of sp³-hybridized carbons (Fsp3) is 0.238. The zero-order chi connectivity index (χ0) is 22.5. The number of carbonyl (C=O) groups is 2. The van der Waals surface area contributed by atoms with Crippen molar-refractivity contribution in [3.05, 3.63) is 69.7 Å². The molecule has 2 amide bonds. The highest BCUT2D eigenvalue weighted by Gasteiger charge is 2.19. The lowest BCUT2D eigenvalue weighted by molar-refractivity contribution is -0.113. The van der Waals surface area contributed by atoms with Gasteiger partial charge in [0.1, 0.15) is 5.82 Å². The van der Waals surface area contributed by atoms with Crippen LogP contribution in [0.15, 0.2) is 52.1 Å². The van der Waals surface area contributed by atoms with Crippen LogP contribution in [0.3, 0.4) is 0 Å². The molecule has 0 spiro atoms. The Hall–Kier alpha value is -2.72. The van der Waals surface area contributed by atoms with Gasteiger partial charge in [0.25, 0.3) is 5.91 Å². The van der Waals surface area contributed by atoms with E-state index in [1.54, 1.807) is 23.7 Å². The van der Waals surface area contributed by atoms with E-state index in [0.717, 1.165) is 5.56 Å². The van der Waals surface area contributed by atoms with Gasteiger partial charge in [-0.2, -0.15) is 0 Å². The molecule has 7 nitrogen and oxygen atoms in total. The second kappa shape index (κ2) is 10.1. The summed E-state index contributed by atoms with van der Waals surface area (Å²) in [4.78, 5) is 24.7. The smallest absolute Gasteiger partial charge is 0.251 e. The summed E-state index contributed by atoms with van der Waals surface area (Å²) in [6.07, 6.45) is 0. The zero-order valence-corrected chi connectivity index (χ0v) is 19.6. The number of nitrogens with zero attached hydrogens (tertiary/aromatic N) is 3. The standard InChI is InChI=1S/C21H21BrFN5O2S/c1-12-5-4-6-14(9-12)20(30)24-13(2)19-26-27-21(28(19)3)31-11-18(29)25-17-8-7-15(22)10-16(17)23/h4-10,13H,11H2,1-3H3,(H,24,30)(H,25,29)/t13-/m1/s1. The van der Waals surface area contributed by atoms with Gasteiger partial charge in [-0.15, -0.1) is 10.2 Å². The fourth-order valence-electron chi connectivity index (χ4n) is 2.87. The van der Waals surface area contributed by atoms with Crippen molar-refractivity contribution in [2.45, 2.75) is 25.0 Å². The van der Waals surface area contributed by atoms with Crippen molar-refractivity contribution >= 4 is 45.2 Å². The Kier molecular flexibility index (Phi) is 7.45. The minimum Gasteiger partial charge on any atom is -0.342 e. The molecule has 10 heteroatoms. The quantitative estimate of drug-likeness (QED) is 0.468. The van der Waals surface area contributed by atoms with Crippen LogP contribution >= 0.6 is 27.7 Å². The number of anilines is 1. The third-order valence-electron chi connectivity index (χ3n) is 4.42. The van der Waals surface area contributed by atoms with E-state index >= 15 is 0 Å². The predicted molar refractivity (Wildman–Crippen MR) is 122 cm³/mol. The van der Waals surface area contributed by atoms with Crippen LogP contribution in [0.1, 0.15) is 34.7 Å². The summed E-state index contributed by atoms with van der Waals surface area (Å²) in [7, 11) is 1.76. The largest absolute Gasteiger partial charge is 0.342 e. The summed E-state index contributed by atoms with van der Waals surface area (Å²) < 4.78 is 16.2. The summed E-state index contributed by atoms with van der Waals surface area (Å²) >= 11 is 4.35. The normalized spacial score (nSPS) is 11.8.